The molecule has 2 nitrogen and oxygen atoms in total. The molecule has 0 heterocycles. The zero-order valence-electron chi connectivity index (χ0n) is 9.51. The molecule has 0 spiro atoms. The molecule has 0 bridgehead atoms. The van der Waals surface area contributed by atoms with E-state index in [0.29, 0.717) is 0 Å². The van der Waals surface area contributed by atoms with Crippen molar-refractivity contribution < 1.29 is 4.74 Å². The van der Waals surface area contributed by atoms with Gasteiger partial charge in [-0.15, -0.1) is 0 Å². The van der Waals surface area contributed by atoms with Crippen molar-refractivity contribution in [2.45, 2.75) is 26.4 Å². The molecule has 0 aromatic heterocycles. The summed E-state index contributed by atoms with van der Waals surface area (Å²) in [4.78, 5) is 0. The first-order chi connectivity index (χ1) is 7.17. The van der Waals surface area contributed by atoms with Gasteiger partial charge in [0.05, 0.1) is 0 Å². The second-order valence-corrected chi connectivity index (χ2v) is 4.53. The molecule has 0 radical (unpaired) electrons. The third kappa shape index (κ3) is 3.84. The van der Waals surface area contributed by atoms with Crippen LogP contribution in [0.25, 0.3) is 0 Å². The monoisotopic (exact) mass is 271 g/mol. The lowest BCUT2D eigenvalue weighted by molar-refractivity contribution is 0.195. The number of hydrogen-bond acceptors (Lipinski definition) is 2. The van der Waals surface area contributed by atoms with Crippen LogP contribution >= 0.6 is 15.9 Å². The van der Waals surface area contributed by atoms with Crippen molar-refractivity contribution in [2.75, 3.05) is 13.6 Å². The van der Waals surface area contributed by atoms with Crippen LogP contribution in [0.5, 0.6) is 5.75 Å². The maximum Gasteiger partial charge on any atom is 0.123 e. The van der Waals surface area contributed by atoms with E-state index in [1.807, 2.05) is 19.2 Å². The molecule has 1 aromatic rings. The van der Waals surface area contributed by atoms with Gasteiger partial charge in [-0.3, -0.25) is 0 Å². The first kappa shape index (κ1) is 12.5. The molecular weight excluding hydrogens is 254 g/mol. The fourth-order valence-corrected chi connectivity index (χ4v) is 1.72. The molecule has 3 heteroatoms. The van der Waals surface area contributed by atoms with Gasteiger partial charge < -0.3 is 10.1 Å². The summed E-state index contributed by atoms with van der Waals surface area (Å²) >= 11 is 3.45. The van der Waals surface area contributed by atoms with E-state index in [0.717, 1.165) is 23.2 Å². The van der Waals surface area contributed by atoms with Gasteiger partial charge in [-0.2, -0.15) is 0 Å². The van der Waals surface area contributed by atoms with Crippen LogP contribution in [0.15, 0.2) is 22.7 Å². The van der Waals surface area contributed by atoms with E-state index in [1.54, 1.807) is 0 Å². The van der Waals surface area contributed by atoms with E-state index >= 15 is 0 Å². The Labute approximate surface area is 100 Å². The molecule has 1 N–H and O–H groups in total. The Bertz CT molecular complexity index is 314. The van der Waals surface area contributed by atoms with E-state index in [-0.39, 0.29) is 6.10 Å². The van der Waals surface area contributed by atoms with Gasteiger partial charge in [-0.1, -0.05) is 28.9 Å². The first-order valence-corrected chi connectivity index (χ1v) is 6.04. The Morgan fingerprint density at radius 1 is 1.47 bits per heavy atom. The Balaban J connectivity index is 2.73. The van der Waals surface area contributed by atoms with E-state index in [1.165, 1.54) is 5.56 Å². The third-order valence-electron chi connectivity index (χ3n) is 2.33. The van der Waals surface area contributed by atoms with Crippen LogP contribution in [-0.4, -0.2) is 19.7 Å². The molecule has 1 unspecified atom stereocenters. The molecule has 0 aliphatic heterocycles. The summed E-state index contributed by atoms with van der Waals surface area (Å²) in [7, 11) is 1.94. The van der Waals surface area contributed by atoms with Crippen LogP contribution < -0.4 is 10.1 Å². The Morgan fingerprint density at radius 3 is 2.80 bits per heavy atom. The van der Waals surface area contributed by atoms with Crippen molar-refractivity contribution in [3.8, 4) is 5.75 Å². The van der Waals surface area contributed by atoms with E-state index in [9.17, 15) is 0 Å². The molecule has 0 saturated heterocycles. The highest BCUT2D eigenvalue weighted by Gasteiger charge is 2.08. The number of halogens is 1. The number of benzene rings is 1. The predicted octanol–water partition coefficient (Wildman–Crippen LogP) is 3.13. The lowest BCUT2D eigenvalue weighted by Gasteiger charge is -2.18. The summed E-state index contributed by atoms with van der Waals surface area (Å²) in [6.45, 7) is 5.08. The SMILES string of the molecule is CCC(CNC)Oc1cc(Br)ccc1C. The summed E-state index contributed by atoms with van der Waals surface area (Å²) in [5.74, 6) is 0.964. The van der Waals surface area contributed by atoms with Crippen LogP contribution in [0.2, 0.25) is 0 Å². The summed E-state index contributed by atoms with van der Waals surface area (Å²) in [5.41, 5.74) is 1.17. The van der Waals surface area contributed by atoms with Gasteiger partial charge in [0.1, 0.15) is 11.9 Å². The number of nitrogens with one attached hydrogen (secondary N) is 1. The number of hydrogen-bond donors (Lipinski definition) is 1. The van der Waals surface area contributed by atoms with Crippen molar-refractivity contribution in [3.63, 3.8) is 0 Å². The highest BCUT2D eigenvalue weighted by atomic mass is 79.9. The second-order valence-electron chi connectivity index (χ2n) is 3.62. The summed E-state index contributed by atoms with van der Waals surface area (Å²) in [5, 5.41) is 3.14. The molecule has 1 aromatic carbocycles. The number of aryl methyl sites for hydroxylation is 1. The maximum absolute atomic E-state index is 5.92. The topological polar surface area (TPSA) is 21.3 Å². The van der Waals surface area contributed by atoms with Crippen LogP contribution in [0.3, 0.4) is 0 Å². The molecule has 0 aliphatic rings. The van der Waals surface area contributed by atoms with Crippen LogP contribution in [0.1, 0.15) is 18.9 Å². The quantitative estimate of drug-likeness (QED) is 0.889. The third-order valence-corrected chi connectivity index (χ3v) is 2.82. The largest absolute Gasteiger partial charge is 0.489 e. The van der Waals surface area contributed by atoms with Gasteiger partial charge in [0.25, 0.3) is 0 Å². The van der Waals surface area contributed by atoms with Gasteiger partial charge in [0, 0.05) is 11.0 Å². The number of ether oxygens (including phenoxy) is 1. The Morgan fingerprint density at radius 2 is 2.20 bits per heavy atom. The van der Waals surface area contributed by atoms with Crippen molar-refractivity contribution >= 4 is 15.9 Å². The lowest BCUT2D eigenvalue weighted by atomic mass is 10.2. The summed E-state index contributed by atoms with van der Waals surface area (Å²) in [6.07, 6.45) is 1.25. The highest BCUT2D eigenvalue weighted by Crippen LogP contribution is 2.24. The van der Waals surface area contributed by atoms with Crippen molar-refractivity contribution in [1.29, 1.82) is 0 Å². The van der Waals surface area contributed by atoms with E-state index in [2.05, 4.69) is 41.2 Å². The minimum atomic E-state index is 0.239. The normalized spacial score (nSPS) is 12.5. The molecule has 1 rings (SSSR count). The molecule has 15 heavy (non-hydrogen) atoms. The van der Waals surface area contributed by atoms with Gasteiger partial charge >= 0.3 is 0 Å². The minimum Gasteiger partial charge on any atom is -0.489 e. The van der Waals surface area contributed by atoms with Crippen LogP contribution in [0, 0.1) is 6.92 Å². The standard InChI is InChI=1S/C12H18BrNO/c1-4-11(8-14-3)15-12-7-10(13)6-5-9(12)2/h5-7,11,14H,4,8H2,1-3H3. The summed E-state index contributed by atoms with van der Waals surface area (Å²) in [6, 6.07) is 6.11. The smallest absolute Gasteiger partial charge is 0.123 e. The van der Waals surface area contributed by atoms with E-state index < -0.39 is 0 Å². The fourth-order valence-electron chi connectivity index (χ4n) is 1.38. The average molecular weight is 272 g/mol. The van der Waals surface area contributed by atoms with Crippen molar-refractivity contribution in [1.82, 2.24) is 5.32 Å². The highest BCUT2D eigenvalue weighted by molar-refractivity contribution is 9.10. The van der Waals surface area contributed by atoms with Gasteiger partial charge in [0.15, 0.2) is 0 Å². The average Bonchev–Trinajstić information content (AvgIpc) is 2.22. The van der Waals surface area contributed by atoms with Crippen molar-refractivity contribution in [2.24, 2.45) is 0 Å². The predicted molar refractivity (Wildman–Crippen MR) is 67.5 cm³/mol. The number of likely N-dealkylation sites (N-methyl/N-ethyl adjacent to an activating group) is 1. The lowest BCUT2D eigenvalue weighted by Crippen LogP contribution is -2.28. The first-order valence-electron chi connectivity index (χ1n) is 5.24. The van der Waals surface area contributed by atoms with Crippen LogP contribution in [0.4, 0.5) is 0 Å². The van der Waals surface area contributed by atoms with Gasteiger partial charge in [-0.05, 0) is 38.1 Å². The molecule has 1 atom stereocenters. The van der Waals surface area contributed by atoms with Gasteiger partial charge in [-0.25, -0.2) is 0 Å². The van der Waals surface area contributed by atoms with E-state index in [4.69, 9.17) is 4.74 Å². The molecule has 0 amide bonds. The minimum absolute atomic E-state index is 0.239. The fraction of sp³-hybridized carbons (Fsp3) is 0.500. The molecule has 0 aliphatic carbocycles. The zero-order chi connectivity index (χ0) is 11.3. The Hall–Kier alpha value is -0.540. The Kier molecular flexibility index (Phi) is 5.12. The molecule has 0 fully saturated rings. The molecule has 84 valence electrons. The summed E-state index contributed by atoms with van der Waals surface area (Å²) < 4.78 is 6.98. The number of rotatable bonds is 5. The molecular formula is C12H18BrNO. The zero-order valence-corrected chi connectivity index (χ0v) is 11.1. The maximum atomic E-state index is 5.92. The second kappa shape index (κ2) is 6.13. The van der Waals surface area contributed by atoms with Crippen molar-refractivity contribution in [3.05, 3.63) is 28.2 Å². The van der Waals surface area contributed by atoms with Gasteiger partial charge in [0.2, 0.25) is 0 Å². The van der Waals surface area contributed by atoms with Crippen LogP contribution in [-0.2, 0) is 0 Å². The molecule has 0 saturated carbocycles.